The first kappa shape index (κ1) is 16.8. The van der Waals surface area contributed by atoms with Gasteiger partial charge in [-0.25, -0.2) is 9.97 Å². The highest BCUT2D eigenvalue weighted by Crippen LogP contribution is 2.46. The van der Waals surface area contributed by atoms with E-state index in [9.17, 15) is 9.90 Å². The third-order valence-electron chi connectivity index (χ3n) is 5.91. The fourth-order valence-electron chi connectivity index (χ4n) is 4.70. The van der Waals surface area contributed by atoms with Crippen molar-refractivity contribution in [1.29, 1.82) is 0 Å². The lowest BCUT2D eigenvalue weighted by Crippen LogP contribution is -2.51. The van der Waals surface area contributed by atoms with Crippen molar-refractivity contribution in [2.24, 2.45) is 17.8 Å². The van der Waals surface area contributed by atoms with Crippen LogP contribution in [0, 0.1) is 17.8 Å². The average Bonchev–Trinajstić information content (AvgIpc) is 2.99. The number of rotatable bonds is 4. The molecular formula is C18H23BrN4O2. The first-order chi connectivity index (χ1) is 12.0. The van der Waals surface area contributed by atoms with Crippen LogP contribution in [0.2, 0.25) is 0 Å². The first-order valence-electron chi connectivity index (χ1n) is 8.99. The molecule has 2 bridgehead atoms. The normalized spacial score (nSPS) is 28.6. The molecule has 0 amide bonds. The molecule has 3 saturated carbocycles. The lowest BCUT2D eigenvalue weighted by atomic mass is 9.61. The van der Waals surface area contributed by atoms with Gasteiger partial charge in [-0.05, 0) is 73.4 Å². The lowest BCUT2D eigenvalue weighted by Gasteiger charge is -2.47. The zero-order valence-electron chi connectivity index (χ0n) is 14.4. The highest BCUT2D eigenvalue weighted by atomic mass is 79.9. The first-order valence-corrected chi connectivity index (χ1v) is 9.78. The van der Waals surface area contributed by atoms with E-state index in [2.05, 4.69) is 49.6 Å². The minimum Gasteiger partial charge on any atom is -0.481 e. The smallest absolute Gasteiger partial charge is 0.308 e. The minimum absolute atomic E-state index is 0.0580. The number of nitrogens with zero attached hydrogens (tertiary/aromatic N) is 3. The number of carboxylic acid groups (broad SMARTS) is 1. The number of carboxylic acids is 1. The standard InChI is InChI=1S/C18H23BrN4O2/c1-9(2)23-8-7-12-15(21-18(19)22-16(12)23)20-14-11-5-3-10(4-6-11)13(14)17(24)25/h7-11,13-14H,3-6H2,1-2H3,(H,24,25)(H,20,21,22)/t10?,11?,13-,14-/m0/s1. The van der Waals surface area contributed by atoms with Gasteiger partial charge in [0.2, 0.25) is 4.73 Å². The van der Waals surface area contributed by atoms with Crippen LogP contribution in [0.15, 0.2) is 17.0 Å². The van der Waals surface area contributed by atoms with Crippen molar-refractivity contribution in [2.45, 2.75) is 51.6 Å². The maximum absolute atomic E-state index is 11.9. The van der Waals surface area contributed by atoms with Crippen LogP contribution in [-0.4, -0.2) is 31.7 Å². The van der Waals surface area contributed by atoms with Gasteiger partial charge in [0.1, 0.15) is 11.5 Å². The predicted molar refractivity (Wildman–Crippen MR) is 99.6 cm³/mol. The molecule has 3 aliphatic rings. The molecule has 0 saturated heterocycles. The van der Waals surface area contributed by atoms with Crippen LogP contribution < -0.4 is 5.32 Å². The van der Waals surface area contributed by atoms with E-state index in [1.54, 1.807) is 0 Å². The predicted octanol–water partition coefficient (Wildman–Crippen LogP) is 4.08. The summed E-state index contributed by atoms with van der Waals surface area (Å²) < 4.78 is 2.63. The van der Waals surface area contributed by atoms with E-state index in [-0.39, 0.29) is 17.9 Å². The molecule has 2 heterocycles. The van der Waals surface area contributed by atoms with E-state index < -0.39 is 5.97 Å². The van der Waals surface area contributed by atoms with Gasteiger partial charge in [0, 0.05) is 18.3 Å². The summed E-state index contributed by atoms with van der Waals surface area (Å²) in [6, 6.07) is 2.25. The molecule has 0 spiro atoms. The van der Waals surface area contributed by atoms with Crippen molar-refractivity contribution < 1.29 is 9.90 Å². The SMILES string of the molecule is CC(C)n1ccc2c(N[C@H]3C4CCC(CC4)[C@@H]3C(=O)O)nc(Br)nc21. The molecule has 2 aromatic heterocycles. The Morgan fingerprint density at radius 1 is 1.28 bits per heavy atom. The van der Waals surface area contributed by atoms with E-state index in [0.717, 1.165) is 42.5 Å². The van der Waals surface area contributed by atoms with Crippen molar-refractivity contribution in [3.05, 3.63) is 17.0 Å². The third-order valence-corrected chi connectivity index (χ3v) is 6.26. The van der Waals surface area contributed by atoms with Crippen molar-refractivity contribution >= 4 is 38.8 Å². The molecule has 5 rings (SSSR count). The molecule has 0 unspecified atom stereocenters. The molecule has 0 radical (unpaired) electrons. The molecule has 0 aromatic carbocycles. The Bertz CT molecular complexity index is 811. The Morgan fingerprint density at radius 2 is 1.96 bits per heavy atom. The fourth-order valence-corrected chi connectivity index (χ4v) is 5.05. The maximum Gasteiger partial charge on any atom is 0.308 e. The largest absolute Gasteiger partial charge is 0.481 e. The number of halogens is 1. The number of anilines is 1. The van der Waals surface area contributed by atoms with Gasteiger partial charge in [-0.3, -0.25) is 4.79 Å². The van der Waals surface area contributed by atoms with Crippen LogP contribution in [0.5, 0.6) is 0 Å². The van der Waals surface area contributed by atoms with E-state index in [1.165, 1.54) is 0 Å². The molecule has 25 heavy (non-hydrogen) atoms. The molecule has 0 aliphatic heterocycles. The summed E-state index contributed by atoms with van der Waals surface area (Å²) >= 11 is 3.41. The summed E-state index contributed by atoms with van der Waals surface area (Å²) in [6.07, 6.45) is 6.30. The molecule has 2 aromatic rings. The van der Waals surface area contributed by atoms with Crippen LogP contribution in [0.1, 0.15) is 45.6 Å². The van der Waals surface area contributed by atoms with Crippen molar-refractivity contribution in [1.82, 2.24) is 14.5 Å². The average molecular weight is 407 g/mol. The van der Waals surface area contributed by atoms with Crippen LogP contribution in [-0.2, 0) is 4.79 Å². The van der Waals surface area contributed by atoms with Gasteiger partial charge >= 0.3 is 5.97 Å². The second-order valence-corrected chi connectivity index (χ2v) is 8.31. The Balaban J connectivity index is 1.74. The number of fused-ring (bicyclic) bond motifs is 4. The van der Waals surface area contributed by atoms with Crippen LogP contribution >= 0.6 is 15.9 Å². The zero-order chi connectivity index (χ0) is 17.7. The number of nitrogens with one attached hydrogen (secondary N) is 1. The van der Waals surface area contributed by atoms with Gasteiger partial charge in [-0.1, -0.05) is 0 Å². The van der Waals surface area contributed by atoms with E-state index >= 15 is 0 Å². The number of aromatic nitrogens is 3. The van der Waals surface area contributed by atoms with Crippen molar-refractivity contribution in [2.75, 3.05) is 5.32 Å². The number of hydrogen-bond donors (Lipinski definition) is 2. The van der Waals surface area contributed by atoms with Gasteiger partial charge in [-0.15, -0.1) is 0 Å². The summed E-state index contributed by atoms with van der Waals surface area (Å²) in [5.74, 6) is 0.405. The number of carbonyl (C=O) groups is 1. The second-order valence-electron chi connectivity index (χ2n) is 7.60. The van der Waals surface area contributed by atoms with Gasteiger partial charge in [0.15, 0.2) is 0 Å². The summed E-state index contributed by atoms with van der Waals surface area (Å²) in [5.41, 5.74) is 0.868. The number of hydrogen-bond acceptors (Lipinski definition) is 4. The minimum atomic E-state index is -0.684. The molecule has 7 heteroatoms. The Kier molecular flexibility index (Phi) is 4.22. The molecule has 2 atom stereocenters. The summed E-state index contributed by atoms with van der Waals surface area (Å²) in [4.78, 5) is 20.9. The molecular weight excluding hydrogens is 384 g/mol. The topological polar surface area (TPSA) is 80.0 Å². The van der Waals surface area contributed by atoms with Gasteiger partial charge < -0.3 is 15.0 Å². The van der Waals surface area contributed by atoms with Crippen LogP contribution in [0.4, 0.5) is 5.82 Å². The molecule has 134 valence electrons. The Morgan fingerprint density at radius 3 is 2.60 bits per heavy atom. The second kappa shape index (κ2) is 6.27. The fraction of sp³-hybridized carbons (Fsp3) is 0.611. The number of aliphatic carboxylic acids is 1. The van der Waals surface area contributed by atoms with Gasteiger partial charge in [-0.2, -0.15) is 0 Å². The highest BCUT2D eigenvalue weighted by Gasteiger charge is 2.47. The molecule has 3 fully saturated rings. The third kappa shape index (κ3) is 2.82. The molecule has 6 nitrogen and oxygen atoms in total. The van der Waals surface area contributed by atoms with E-state index in [4.69, 9.17) is 0 Å². The van der Waals surface area contributed by atoms with Gasteiger partial charge in [0.25, 0.3) is 0 Å². The van der Waals surface area contributed by atoms with Crippen molar-refractivity contribution in [3.8, 4) is 0 Å². The monoisotopic (exact) mass is 406 g/mol. The van der Waals surface area contributed by atoms with Crippen LogP contribution in [0.25, 0.3) is 11.0 Å². The van der Waals surface area contributed by atoms with E-state index in [0.29, 0.717) is 16.7 Å². The maximum atomic E-state index is 11.9. The van der Waals surface area contributed by atoms with E-state index in [1.807, 2.05) is 12.3 Å². The van der Waals surface area contributed by atoms with Gasteiger partial charge in [0.05, 0.1) is 11.3 Å². The van der Waals surface area contributed by atoms with Crippen molar-refractivity contribution in [3.63, 3.8) is 0 Å². The Labute approximate surface area is 155 Å². The van der Waals surface area contributed by atoms with Crippen LogP contribution in [0.3, 0.4) is 0 Å². The molecule has 2 N–H and O–H groups in total. The summed E-state index contributed by atoms with van der Waals surface area (Å²) in [5, 5.41) is 14.2. The zero-order valence-corrected chi connectivity index (χ0v) is 16.0. The molecule has 3 aliphatic carbocycles. The summed E-state index contributed by atoms with van der Waals surface area (Å²) in [7, 11) is 0. The quantitative estimate of drug-likeness (QED) is 0.747. The Hall–Kier alpha value is -1.63. The lowest BCUT2D eigenvalue weighted by molar-refractivity contribution is -0.148. The highest BCUT2D eigenvalue weighted by molar-refractivity contribution is 9.10. The summed E-state index contributed by atoms with van der Waals surface area (Å²) in [6.45, 7) is 4.23.